The summed E-state index contributed by atoms with van der Waals surface area (Å²) in [6.07, 6.45) is 0.318. The number of carbonyl (C=O) groups is 4. The lowest BCUT2D eigenvalue weighted by molar-refractivity contribution is -0.140. The molecule has 2 aromatic rings. The van der Waals surface area contributed by atoms with Crippen molar-refractivity contribution in [3.05, 3.63) is 60.2 Å². The quantitative estimate of drug-likeness (QED) is 0.495. The van der Waals surface area contributed by atoms with Crippen LogP contribution in [0, 0.1) is 0 Å². The number of hydrogen-bond donors (Lipinski definition) is 3. The van der Waals surface area contributed by atoms with Gasteiger partial charge in [0, 0.05) is 11.8 Å². The Hall–Kier alpha value is -3.92. The third-order valence-corrected chi connectivity index (χ3v) is 5.31. The van der Waals surface area contributed by atoms with Crippen LogP contribution in [-0.4, -0.2) is 60.9 Å². The summed E-state index contributed by atoms with van der Waals surface area (Å²) in [6, 6.07) is 15.1. The molecule has 1 saturated heterocycles. The van der Waals surface area contributed by atoms with Gasteiger partial charge in [-0.15, -0.1) is 0 Å². The van der Waals surface area contributed by atoms with Gasteiger partial charge in [-0.25, -0.2) is 4.79 Å². The molecule has 1 aliphatic rings. The van der Waals surface area contributed by atoms with E-state index in [0.717, 1.165) is 0 Å². The number of hydrogen-bond acceptors (Lipinski definition) is 6. The molecule has 0 saturated carbocycles. The molecule has 0 aliphatic carbocycles. The van der Waals surface area contributed by atoms with Crippen LogP contribution in [0.2, 0.25) is 0 Å². The van der Waals surface area contributed by atoms with Crippen LogP contribution in [0.5, 0.6) is 5.75 Å². The third kappa shape index (κ3) is 5.29. The summed E-state index contributed by atoms with van der Waals surface area (Å²) in [5.41, 5.74) is 2.30. The highest BCUT2D eigenvalue weighted by molar-refractivity contribution is 6.08. The first-order chi connectivity index (χ1) is 15.8. The summed E-state index contributed by atoms with van der Waals surface area (Å²) in [4.78, 5) is 51.8. The van der Waals surface area contributed by atoms with Crippen molar-refractivity contribution < 1.29 is 23.9 Å². The first-order valence-corrected chi connectivity index (χ1v) is 10.4. The average Bonchev–Trinajstić information content (AvgIpc) is 3.04. The molecular weight excluding hydrogens is 426 g/mol. The van der Waals surface area contributed by atoms with Gasteiger partial charge in [-0.1, -0.05) is 43.3 Å². The van der Waals surface area contributed by atoms with Crippen LogP contribution < -0.4 is 20.8 Å². The molecule has 33 heavy (non-hydrogen) atoms. The standard InChI is InChI=1S/C23H27N5O5/c1-4-23(16-9-6-5-7-10-16)21(31)28(22(32)25-23)26-20(30)15-27(2)14-19(29)24-17-11-8-12-18(13-17)33-3/h5-13H,4,14-15H2,1-3H3,(H,24,29)(H,25,32)(H,26,30). The Balaban J connectivity index is 1.57. The van der Waals surface area contributed by atoms with Gasteiger partial charge < -0.3 is 15.4 Å². The SMILES string of the molecule is CCC1(c2ccccc2)NC(=O)N(NC(=O)CN(C)CC(=O)Nc2cccc(OC)c2)C1=O. The largest absolute Gasteiger partial charge is 0.497 e. The Kier molecular flexibility index (Phi) is 7.29. The molecule has 1 unspecified atom stereocenters. The Morgan fingerprint density at radius 3 is 2.42 bits per heavy atom. The Morgan fingerprint density at radius 1 is 1.06 bits per heavy atom. The smallest absolute Gasteiger partial charge is 0.344 e. The number of urea groups is 1. The van der Waals surface area contributed by atoms with Crippen molar-refractivity contribution in [2.45, 2.75) is 18.9 Å². The Morgan fingerprint density at radius 2 is 1.76 bits per heavy atom. The normalized spacial score (nSPS) is 17.6. The van der Waals surface area contributed by atoms with Crippen molar-refractivity contribution in [3.63, 3.8) is 0 Å². The van der Waals surface area contributed by atoms with Crippen molar-refractivity contribution in [3.8, 4) is 5.75 Å². The van der Waals surface area contributed by atoms with Gasteiger partial charge in [0.25, 0.3) is 11.8 Å². The molecule has 10 heteroatoms. The zero-order valence-electron chi connectivity index (χ0n) is 18.8. The van der Waals surface area contributed by atoms with Crippen LogP contribution in [0.4, 0.5) is 10.5 Å². The maximum Gasteiger partial charge on any atom is 0.344 e. The van der Waals surface area contributed by atoms with Gasteiger partial charge in [0.05, 0.1) is 20.2 Å². The second-order valence-corrected chi connectivity index (χ2v) is 7.68. The topological polar surface area (TPSA) is 120 Å². The van der Waals surface area contributed by atoms with Crippen LogP contribution in [0.3, 0.4) is 0 Å². The summed E-state index contributed by atoms with van der Waals surface area (Å²) in [5, 5.41) is 6.12. The minimum atomic E-state index is -1.24. The molecule has 3 rings (SSSR count). The van der Waals surface area contributed by atoms with Gasteiger partial charge in [-0.2, -0.15) is 5.01 Å². The monoisotopic (exact) mass is 453 g/mol. The van der Waals surface area contributed by atoms with E-state index in [-0.39, 0.29) is 19.0 Å². The van der Waals surface area contributed by atoms with Gasteiger partial charge in [0.15, 0.2) is 0 Å². The van der Waals surface area contributed by atoms with E-state index >= 15 is 0 Å². The summed E-state index contributed by atoms with van der Waals surface area (Å²) in [5.74, 6) is -0.890. The Labute approximate surface area is 191 Å². The van der Waals surface area contributed by atoms with E-state index in [9.17, 15) is 19.2 Å². The molecule has 1 fully saturated rings. The maximum atomic E-state index is 13.1. The highest BCUT2D eigenvalue weighted by atomic mass is 16.5. The summed E-state index contributed by atoms with van der Waals surface area (Å²) in [7, 11) is 3.11. The zero-order valence-corrected chi connectivity index (χ0v) is 18.8. The molecule has 2 aromatic carbocycles. The van der Waals surface area contributed by atoms with Crippen molar-refractivity contribution in [2.24, 2.45) is 0 Å². The molecule has 10 nitrogen and oxygen atoms in total. The molecule has 0 aromatic heterocycles. The molecule has 1 atom stereocenters. The molecular formula is C23H27N5O5. The minimum Gasteiger partial charge on any atom is -0.497 e. The van der Waals surface area contributed by atoms with Gasteiger partial charge in [-0.3, -0.25) is 24.7 Å². The first-order valence-electron chi connectivity index (χ1n) is 10.4. The number of hydrazine groups is 1. The van der Waals surface area contributed by atoms with E-state index in [1.54, 1.807) is 62.5 Å². The highest BCUT2D eigenvalue weighted by Crippen LogP contribution is 2.31. The predicted molar refractivity (Wildman–Crippen MR) is 121 cm³/mol. The number of methoxy groups -OCH3 is 1. The summed E-state index contributed by atoms with van der Waals surface area (Å²) < 4.78 is 5.12. The first kappa shape index (κ1) is 23.7. The van der Waals surface area contributed by atoms with E-state index in [4.69, 9.17) is 4.74 Å². The number of nitrogens with one attached hydrogen (secondary N) is 3. The van der Waals surface area contributed by atoms with Gasteiger partial charge in [-0.05, 0) is 31.2 Å². The Bertz CT molecular complexity index is 1040. The predicted octanol–water partition coefficient (Wildman–Crippen LogP) is 1.45. The van der Waals surface area contributed by atoms with Crippen molar-refractivity contribution >= 4 is 29.4 Å². The minimum absolute atomic E-state index is 0.0757. The van der Waals surface area contributed by atoms with E-state index in [2.05, 4.69) is 16.1 Å². The lowest BCUT2D eigenvalue weighted by Gasteiger charge is -2.25. The van der Waals surface area contributed by atoms with E-state index in [1.807, 2.05) is 6.07 Å². The number of ether oxygens (including phenoxy) is 1. The second kappa shape index (κ2) is 10.1. The van der Waals surface area contributed by atoms with E-state index in [1.165, 1.54) is 12.0 Å². The number of rotatable bonds is 9. The molecule has 0 bridgehead atoms. The van der Waals surface area contributed by atoms with Crippen molar-refractivity contribution in [1.82, 2.24) is 20.7 Å². The molecule has 174 valence electrons. The van der Waals surface area contributed by atoms with Gasteiger partial charge >= 0.3 is 6.03 Å². The molecule has 1 aliphatic heterocycles. The van der Waals surface area contributed by atoms with E-state index in [0.29, 0.717) is 28.4 Å². The summed E-state index contributed by atoms with van der Waals surface area (Å²) >= 11 is 0. The van der Waals surface area contributed by atoms with Crippen LogP contribution in [0.1, 0.15) is 18.9 Å². The van der Waals surface area contributed by atoms with Crippen LogP contribution >= 0.6 is 0 Å². The number of likely N-dealkylation sites (N-methyl/N-ethyl adjacent to an activating group) is 1. The number of carbonyl (C=O) groups excluding carboxylic acids is 4. The molecule has 1 heterocycles. The molecule has 3 N–H and O–H groups in total. The maximum absolute atomic E-state index is 13.1. The molecule has 0 radical (unpaired) electrons. The van der Waals surface area contributed by atoms with Gasteiger partial charge in [0.2, 0.25) is 5.91 Å². The molecule has 0 spiro atoms. The number of imide groups is 1. The molecule has 5 amide bonds. The van der Waals surface area contributed by atoms with Crippen molar-refractivity contribution in [2.75, 3.05) is 32.6 Å². The van der Waals surface area contributed by atoms with E-state index < -0.39 is 23.4 Å². The number of benzene rings is 2. The number of nitrogens with zero attached hydrogens (tertiary/aromatic N) is 2. The van der Waals surface area contributed by atoms with Crippen LogP contribution in [0.15, 0.2) is 54.6 Å². The third-order valence-electron chi connectivity index (χ3n) is 5.31. The number of amides is 5. The second-order valence-electron chi connectivity index (χ2n) is 7.68. The fraction of sp³-hybridized carbons (Fsp3) is 0.304. The number of anilines is 1. The van der Waals surface area contributed by atoms with Crippen LogP contribution in [-0.2, 0) is 19.9 Å². The average molecular weight is 453 g/mol. The van der Waals surface area contributed by atoms with Gasteiger partial charge in [0.1, 0.15) is 11.3 Å². The lowest BCUT2D eigenvalue weighted by atomic mass is 9.87. The fourth-order valence-electron chi connectivity index (χ4n) is 3.65. The summed E-state index contributed by atoms with van der Waals surface area (Å²) in [6.45, 7) is 1.51. The zero-order chi connectivity index (χ0) is 24.0. The fourth-order valence-corrected chi connectivity index (χ4v) is 3.65. The van der Waals surface area contributed by atoms with Crippen LogP contribution in [0.25, 0.3) is 0 Å². The van der Waals surface area contributed by atoms with Crippen molar-refractivity contribution in [1.29, 1.82) is 0 Å². The lowest BCUT2D eigenvalue weighted by Crippen LogP contribution is -2.51. The highest BCUT2D eigenvalue weighted by Gasteiger charge is 2.52.